The van der Waals surface area contributed by atoms with Crippen molar-refractivity contribution in [3.8, 4) is 0 Å². The maximum atomic E-state index is 12.2. The summed E-state index contributed by atoms with van der Waals surface area (Å²) >= 11 is 0. The molecular formula is C14H23NO2S. The van der Waals surface area contributed by atoms with Gasteiger partial charge in [-0.3, -0.25) is 0 Å². The molecule has 0 fully saturated rings. The van der Waals surface area contributed by atoms with Crippen molar-refractivity contribution in [1.82, 2.24) is 4.98 Å². The summed E-state index contributed by atoms with van der Waals surface area (Å²) in [6.45, 7) is 4.22. The number of rotatable bonds is 8. The fraction of sp³-hybridized carbons (Fsp3) is 0.643. The second-order valence-corrected chi connectivity index (χ2v) is 6.70. The van der Waals surface area contributed by atoms with Crippen molar-refractivity contribution >= 4 is 9.84 Å². The molecule has 0 N–H and O–H groups in total. The quantitative estimate of drug-likeness (QED) is 0.679. The molecule has 3 nitrogen and oxygen atoms in total. The van der Waals surface area contributed by atoms with Crippen LogP contribution < -0.4 is 0 Å². The second kappa shape index (κ2) is 7.52. The lowest BCUT2D eigenvalue weighted by atomic mass is 10.0. The van der Waals surface area contributed by atoms with Gasteiger partial charge < -0.3 is 0 Å². The second-order valence-electron chi connectivity index (χ2n) is 4.72. The monoisotopic (exact) mass is 269 g/mol. The van der Waals surface area contributed by atoms with Gasteiger partial charge in [0.15, 0.2) is 14.9 Å². The molecule has 0 saturated heterocycles. The Morgan fingerprint density at radius 1 is 1.22 bits per heavy atom. The van der Waals surface area contributed by atoms with Crippen LogP contribution in [0.4, 0.5) is 0 Å². The molecule has 1 atom stereocenters. The molecule has 18 heavy (non-hydrogen) atoms. The topological polar surface area (TPSA) is 47.0 Å². The summed E-state index contributed by atoms with van der Waals surface area (Å²) in [6.07, 6.45) is 6.91. The number of aromatic nitrogens is 1. The number of hydrogen-bond acceptors (Lipinski definition) is 3. The van der Waals surface area contributed by atoms with Crippen molar-refractivity contribution in [3.63, 3.8) is 0 Å². The Balaban J connectivity index is 2.63. The molecule has 0 amide bonds. The van der Waals surface area contributed by atoms with E-state index in [9.17, 15) is 8.42 Å². The van der Waals surface area contributed by atoms with Gasteiger partial charge in [0, 0.05) is 6.20 Å². The highest BCUT2D eigenvalue weighted by Crippen LogP contribution is 2.19. The first-order valence-corrected chi connectivity index (χ1v) is 8.39. The van der Waals surface area contributed by atoms with Crippen LogP contribution in [0.5, 0.6) is 0 Å². The fourth-order valence-corrected chi connectivity index (χ4v) is 3.72. The Morgan fingerprint density at radius 3 is 2.56 bits per heavy atom. The minimum atomic E-state index is -3.22. The molecule has 0 aromatic carbocycles. The van der Waals surface area contributed by atoms with E-state index in [1.54, 1.807) is 18.2 Å². The molecule has 0 aliphatic heterocycles. The van der Waals surface area contributed by atoms with Crippen molar-refractivity contribution in [2.24, 2.45) is 5.92 Å². The molecule has 0 unspecified atom stereocenters. The van der Waals surface area contributed by atoms with E-state index in [2.05, 4.69) is 18.8 Å². The lowest BCUT2D eigenvalue weighted by Crippen LogP contribution is -2.17. The SMILES string of the molecule is CCCCC[C@@H](CC)CS(=O)(=O)c1ccccn1. The number of sulfone groups is 1. The number of unbranched alkanes of at least 4 members (excludes halogenated alkanes) is 2. The first-order valence-electron chi connectivity index (χ1n) is 6.74. The first-order chi connectivity index (χ1) is 8.60. The van der Waals surface area contributed by atoms with E-state index in [-0.39, 0.29) is 16.7 Å². The van der Waals surface area contributed by atoms with Gasteiger partial charge in [0.05, 0.1) is 5.75 Å². The molecule has 0 aliphatic rings. The van der Waals surface area contributed by atoms with Crippen LogP contribution in [0.2, 0.25) is 0 Å². The maximum Gasteiger partial charge on any atom is 0.195 e. The van der Waals surface area contributed by atoms with E-state index < -0.39 is 9.84 Å². The minimum absolute atomic E-state index is 0.207. The summed E-state index contributed by atoms with van der Waals surface area (Å²) in [4.78, 5) is 3.95. The van der Waals surface area contributed by atoms with Gasteiger partial charge in [0.2, 0.25) is 0 Å². The van der Waals surface area contributed by atoms with E-state index in [4.69, 9.17) is 0 Å². The summed E-state index contributed by atoms with van der Waals surface area (Å²) in [5.74, 6) is 0.480. The van der Waals surface area contributed by atoms with Gasteiger partial charge in [-0.1, -0.05) is 45.6 Å². The summed E-state index contributed by atoms with van der Waals surface area (Å²) in [6, 6.07) is 5.03. The zero-order chi connectivity index (χ0) is 13.4. The van der Waals surface area contributed by atoms with Crippen LogP contribution in [0.3, 0.4) is 0 Å². The lowest BCUT2D eigenvalue weighted by molar-refractivity contribution is 0.475. The summed E-state index contributed by atoms with van der Waals surface area (Å²) in [5, 5.41) is 0.207. The molecule has 1 aromatic heterocycles. The fourth-order valence-electron chi connectivity index (χ4n) is 2.02. The van der Waals surface area contributed by atoms with Crippen molar-refractivity contribution in [3.05, 3.63) is 24.4 Å². The smallest absolute Gasteiger partial charge is 0.195 e. The van der Waals surface area contributed by atoms with Gasteiger partial charge >= 0.3 is 0 Å². The van der Waals surface area contributed by atoms with E-state index in [1.165, 1.54) is 19.0 Å². The van der Waals surface area contributed by atoms with Gasteiger partial charge in [-0.2, -0.15) is 0 Å². The lowest BCUT2D eigenvalue weighted by Gasteiger charge is -2.14. The molecule has 0 radical (unpaired) electrons. The van der Waals surface area contributed by atoms with Crippen molar-refractivity contribution in [2.45, 2.75) is 51.0 Å². The van der Waals surface area contributed by atoms with Crippen LogP contribution in [0.1, 0.15) is 46.0 Å². The molecule has 1 aromatic rings. The third kappa shape index (κ3) is 4.77. The Hall–Kier alpha value is -0.900. The average Bonchev–Trinajstić information content (AvgIpc) is 2.38. The van der Waals surface area contributed by atoms with Gasteiger partial charge in [-0.05, 0) is 24.5 Å². The third-order valence-corrected chi connectivity index (χ3v) is 4.99. The number of hydrogen-bond donors (Lipinski definition) is 0. The van der Waals surface area contributed by atoms with Crippen molar-refractivity contribution < 1.29 is 8.42 Å². The number of pyridine rings is 1. The third-order valence-electron chi connectivity index (χ3n) is 3.20. The van der Waals surface area contributed by atoms with Crippen molar-refractivity contribution in [1.29, 1.82) is 0 Å². The zero-order valence-corrected chi connectivity index (χ0v) is 12.1. The molecule has 0 spiro atoms. The Labute approximate surface area is 111 Å². The minimum Gasteiger partial charge on any atom is -0.245 e. The molecule has 4 heteroatoms. The highest BCUT2D eigenvalue weighted by Gasteiger charge is 2.20. The standard InChI is InChI=1S/C14H23NO2S/c1-3-5-6-9-13(4-2)12-18(16,17)14-10-7-8-11-15-14/h7-8,10-11,13H,3-6,9,12H2,1-2H3/t13-/m1/s1. The molecule has 102 valence electrons. The van der Waals surface area contributed by atoms with E-state index in [0.717, 1.165) is 19.3 Å². The number of nitrogens with zero attached hydrogens (tertiary/aromatic N) is 1. The Morgan fingerprint density at radius 2 is 2.00 bits per heavy atom. The molecule has 1 heterocycles. The summed E-state index contributed by atoms with van der Waals surface area (Å²) in [5.41, 5.74) is 0. The summed E-state index contributed by atoms with van der Waals surface area (Å²) in [7, 11) is -3.22. The predicted molar refractivity (Wildman–Crippen MR) is 74.2 cm³/mol. The van der Waals surface area contributed by atoms with Gasteiger partial charge in [-0.15, -0.1) is 0 Å². The van der Waals surface area contributed by atoms with Gasteiger partial charge in [-0.25, -0.2) is 13.4 Å². The maximum absolute atomic E-state index is 12.2. The average molecular weight is 269 g/mol. The highest BCUT2D eigenvalue weighted by molar-refractivity contribution is 7.91. The van der Waals surface area contributed by atoms with Crippen LogP contribution in [0.25, 0.3) is 0 Å². The van der Waals surface area contributed by atoms with Crippen LogP contribution >= 0.6 is 0 Å². The molecule has 0 saturated carbocycles. The highest BCUT2D eigenvalue weighted by atomic mass is 32.2. The molecular weight excluding hydrogens is 246 g/mol. The summed E-state index contributed by atoms with van der Waals surface area (Å²) < 4.78 is 24.3. The molecule has 0 bridgehead atoms. The Kier molecular flexibility index (Phi) is 6.33. The van der Waals surface area contributed by atoms with Crippen LogP contribution in [-0.2, 0) is 9.84 Å². The largest absolute Gasteiger partial charge is 0.245 e. The van der Waals surface area contributed by atoms with Crippen molar-refractivity contribution in [2.75, 3.05) is 5.75 Å². The Bertz CT molecular complexity index is 428. The molecule has 0 aliphatic carbocycles. The van der Waals surface area contributed by atoms with Gasteiger partial charge in [0.1, 0.15) is 0 Å². The first kappa shape index (κ1) is 15.2. The van der Waals surface area contributed by atoms with E-state index in [1.807, 2.05) is 0 Å². The van der Waals surface area contributed by atoms with E-state index >= 15 is 0 Å². The van der Waals surface area contributed by atoms with Crippen LogP contribution in [0.15, 0.2) is 29.4 Å². The zero-order valence-electron chi connectivity index (χ0n) is 11.3. The van der Waals surface area contributed by atoms with Gasteiger partial charge in [0.25, 0.3) is 0 Å². The van der Waals surface area contributed by atoms with Crippen LogP contribution in [0, 0.1) is 5.92 Å². The normalized spacial score (nSPS) is 13.4. The predicted octanol–water partition coefficient (Wildman–Crippen LogP) is 3.46. The van der Waals surface area contributed by atoms with Crippen LogP contribution in [-0.4, -0.2) is 19.2 Å². The molecule has 1 rings (SSSR count). The van der Waals surface area contributed by atoms with E-state index in [0.29, 0.717) is 0 Å².